The highest BCUT2D eigenvalue weighted by Crippen LogP contribution is 2.44. The molecule has 0 saturated heterocycles. The van der Waals surface area contributed by atoms with Crippen LogP contribution < -0.4 is 0 Å². The van der Waals surface area contributed by atoms with Crippen molar-refractivity contribution in [3.8, 4) is 161 Å². The van der Waals surface area contributed by atoms with Gasteiger partial charge in [0.05, 0.1) is 47.7 Å². The Balaban J connectivity index is 0.000000811. The number of ketones is 6. The van der Waals surface area contributed by atoms with Crippen molar-refractivity contribution >= 4 is 58.6 Å². The summed E-state index contributed by atoms with van der Waals surface area (Å²) in [6, 6.07) is 23.1. The summed E-state index contributed by atoms with van der Waals surface area (Å²) in [5.74, 6) is -18.5. The highest BCUT2D eigenvalue weighted by atomic mass is 16.6. The summed E-state index contributed by atoms with van der Waals surface area (Å²) in [6.45, 7) is 38.9. The molecule has 42 heteroatoms. The second-order valence-electron chi connectivity index (χ2n) is 35.2. The lowest BCUT2D eigenvalue weighted by Crippen LogP contribution is -2.11. The van der Waals surface area contributed by atoms with Crippen molar-refractivity contribution in [3.05, 3.63) is 188 Å². The molecule has 0 aliphatic heterocycles. The molecular formula is C104H128O42. The molecule has 796 valence electrons. The third kappa shape index (κ3) is 39.5. The van der Waals surface area contributed by atoms with Crippen LogP contribution in [-0.4, -0.2) is 227 Å². The molecule has 28 N–H and O–H groups in total. The van der Waals surface area contributed by atoms with Gasteiger partial charge in [-0.1, -0.05) is 111 Å². The summed E-state index contributed by atoms with van der Waals surface area (Å²) in [5.41, 5.74) is 2.60. The minimum absolute atomic E-state index is 0.00606. The van der Waals surface area contributed by atoms with Crippen molar-refractivity contribution in [1.82, 2.24) is 0 Å². The minimum Gasteiger partial charge on any atom is -0.504 e. The molecule has 0 aliphatic rings. The number of ether oxygens (including phenoxy) is 4. The molecule has 0 heterocycles. The number of phenols is 28. The van der Waals surface area contributed by atoms with E-state index in [4.69, 9.17) is 121 Å². The topological polar surface area (TPSA) is 774 Å². The van der Waals surface area contributed by atoms with Crippen LogP contribution in [0.25, 0.3) is 0 Å². The number of hydrogen-bond acceptors (Lipinski definition) is 42. The largest absolute Gasteiger partial charge is 0.504 e. The number of carbonyl (C=O) groups is 10. The third-order valence-corrected chi connectivity index (χ3v) is 18.7. The maximum absolute atomic E-state index is 11.6. The van der Waals surface area contributed by atoms with Crippen molar-refractivity contribution in [2.75, 3.05) is 13.2 Å². The second kappa shape index (κ2) is 57.4. The zero-order valence-electron chi connectivity index (χ0n) is 84.0. The van der Waals surface area contributed by atoms with Crippen LogP contribution in [0, 0.1) is 61.2 Å². The molecule has 0 amide bonds. The zero-order chi connectivity index (χ0) is 113. The van der Waals surface area contributed by atoms with Crippen LogP contribution in [0.15, 0.2) is 121 Å². The molecule has 0 saturated carbocycles. The number of phenolic OH excluding ortho intramolecular Hbond substituents is 28. The predicted octanol–water partition coefficient (Wildman–Crippen LogP) is 17.0. The molecule has 0 bridgehead atoms. The van der Waals surface area contributed by atoms with Crippen molar-refractivity contribution in [1.29, 1.82) is 0 Å². The standard InChI is InChI=1S/2C11H14O5.2C11H14O3.2C10H12O5.4C10H12O4/c2*1-6(2)5-16-11(15)7-3-8(12)10(14)9(13)4-7;2*1-6(2)10(13)8-4-7(3)11(14)9(12)5-8;2*1-5(2)15-10(14)6-3-7(11)9(13)8(12)4-6;4*1-5(2)9(13)6-3-7(11)10(14)8(12)4-6/h2*3-4,6,12-14H,5H2,1-2H3;2*4-6,12,14H,1-3H3;2*3-5,11-13H,1-2H3;4*3-5,11-12,14H,1-2H3. The molecule has 10 rings (SSSR count). The summed E-state index contributed by atoms with van der Waals surface area (Å²) in [4.78, 5) is 115. The van der Waals surface area contributed by atoms with E-state index in [1.807, 2.05) is 27.7 Å². The summed E-state index contributed by atoms with van der Waals surface area (Å²) in [6.07, 6.45) is -0.592. The maximum atomic E-state index is 11.6. The van der Waals surface area contributed by atoms with Crippen LogP contribution in [-0.2, 0) is 18.9 Å². The quantitative estimate of drug-likeness (QED) is 0.0130. The van der Waals surface area contributed by atoms with Gasteiger partial charge in [-0.2, -0.15) is 0 Å². The first-order chi connectivity index (χ1) is 67.2. The molecule has 0 spiro atoms. The van der Waals surface area contributed by atoms with E-state index in [2.05, 4.69) is 0 Å². The van der Waals surface area contributed by atoms with E-state index in [9.17, 15) is 88.8 Å². The molecule has 10 aromatic rings. The van der Waals surface area contributed by atoms with Crippen molar-refractivity contribution in [2.45, 2.75) is 165 Å². The van der Waals surface area contributed by atoms with E-state index in [0.29, 0.717) is 22.3 Å². The van der Waals surface area contributed by atoms with Gasteiger partial charge >= 0.3 is 23.9 Å². The number of carbonyl (C=O) groups excluding carboxylic acids is 10. The molecule has 42 nitrogen and oxygen atoms in total. The Labute approximate surface area is 838 Å². The fourth-order valence-corrected chi connectivity index (χ4v) is 10.9. The molecule has 10 aromatic carbocycles. The Morgan fingerprint density at radius 3 is 0.411 bits per heavy atom. The third-order valence-electron chi connectivity index (χ3n) is 18.7. The summed E-state index contributed by atoms with van der Waals surface area (Å²) in [7, 11) is 0. The summed E-state index contributed by atoms with van der Waals surface area (Å²) in [5, 5.41) is 256. The molecule has 0 atom stereocenters. The van der Waals surface area contributed by atoms with Crippen molar-refractivity contribution in [3.63, 3.8) is 0 Å². The Bertz CT molecular complexity index is 5300. The summed E-state index contributed by atoms with van der Waals surface area (Å²) >= 11 is 0. The van der Waals surface area contributed by atoms with Gasteiger partial charge in [-0.05, 0) is 186 Å². The Morgan fingerprint density at radius 1 is 0.178 bits per heavy atom. The lowest BCUT2D eigenvalue weighted by Gasteiger charge is -2.09. The van der Waals surface area contributed by atoms with Crippen LogP contribution in [0.2, 0.25) is 0 Å². The van der Waals surface area contributed by atoms with Crippen LogP contribution in [0.5, 0.6) is 161 Å². The number of esters is 4. The molecule has 0 aromatic heterocycles. The molecule has 0 fully saturated rings. The first kappa shape index (κ1) is 127. The van der Waals surface area contributed by atoms with Gasteiger partial charge in [-0.3, -0.25) is 28.8 Å². The minimum atomic E-state index is -0.671. The molecular weight excluding hydrogens is 1920 g/mol. The van der Waals surface area contributed by atoms with E-state index in [1.54, 1.807) is 137 Å². The monoisotopic (exact) mass is 2050 g/mol. The van der Waals surface area contributed by atoms with Crippen molar-refractivity contribution in [2.24, 2.45) is 47.3 Å². The molecule has 0 radical (unpaired) electrons. The predicted molar refractivity (Wildman–Crippen MR) is 527 cm³/mol. The summed E-state index contributed by atoms with van der Waals surface area (Å²) < 4.78 is 19.5. The number of Topliss-reactive ketones (excluding diaryl/α,β-unsaturated/α-hetero) is 6. The fourth-order valence-electron chi connectivity index (χ4n) is 10.9. The van der Waals surface area contributed by atoms with E-state index >= 15 is 0 Å². The van der Waals surface area contributed by atoms with Gasteiger partial charge in [0.1, 0.15) is 0 Å². The highest BCUT2D eigenvalue weighted by Gasteiger charge is 2.26. The van der Waals surface area contributed by atoms with Gasteiger partial charge in [-0.25, -0.2) is 19.2 Å². The fraction of sp³-hybridized carbons (Fsp3) is 0.327. The average molecular weight is 2050 g/mol. The van der Waals surface area contributed by atoms with Gasteiger partial charge in [0, 0.05) is 68.9 Å². The normalized spacial score (nSPS) is 10.5. The average Bonchev–Trinajstić information content (AvgIpc) is 0.849. The number of aryl methyl sites for hydroxylation is 2. The lowest BCUT2D eigenvalue weighted by molar-refractivity contribution is 0.0366. The molecule has 0 unspecified atom stereocenters. The van der Waals surface area contributed by atoms with Crippen molar-refractivity contribution < 1.29 is 210 Å². The van der Waals surface area contributed by atoms with Gasteiger partial charge in [0.2, 0.25) is 0 Å². The van der Waals surface area contributed by atoms with Crippen LogP contribution in [0.1, 0.15) is 253 Å². The Morgan fingerprint density at radius 2 is 0.295 bits per heavy atom. The lowest BCUT2D eigenvalue weighted by atomic mass is 9.99. The van der Waals surface area contributed by atoms with E-state index in [-0.39, 0.29) is 175 Å². The van der Waals surface area contributed by atoms with Gasteiger partial charge < -0.3 is 162 Å². The zero-order valence-corrected chi connectivity index (χ0v) is 84.0. The first-order valence-corrected chi connectivity index (χ1v) is 44.3. The SMILES string of the molecule is CC(C)C(=O)c1cc(O)c(O)c(O)c1.CC(C)C(=O)c1cc(O)c(O)c(O)c1.CC(C)C(=O)c1cc(O)c(O)c(O)c1.CC(C)C(=O)c1cc(O)c(O)c(O)c1.CC(C)COC(=O)c1cc(O)c(O)c(O)c1.CC(C)COC(=O)c1cc(O)c(O)c(O)c1.CC(C)OC(=O)c1cc(O)c(O)c(O)c1.CC(C)OC(=O)c1cc(O)c(O)c(O)c1.Cc1cc(C(=O)C(C)C)cc(O)c1O.Cc1cc(C(=O)C(C)C)cc(O)c1O. The second-order valence-corrected chi connectivity index (χ2v) is 35.2. The number of benzene rings is 10. The Hall–Kier alpha value is -17.5. The molecule has 146 heavy (non-hydrogen) atoms. The van der Waals surface area contributed by atoms with Gasteiger partial charge in [0.15, 0.2) is 196 Å². The van der Waals surface area contributed by atoms with Gasteiger partial charge in [-0.15, -0.1) is 0 Å². The van der Waals surface area contributed by atoms with Crippen LogP contribution in [0.3, 0.4) is 0 Å². The Kier molecular flexibility index (Phi) is 49.8. The smallest absolute Gasteiger partial charge is 0.338 e. The number of rotatable bonds is 22. The first-order valence-electron chi connectivity index (χ1n) is 44.3. The molecule has 0 aliphatic carbocycles. The van der Waals surface area contributed by atoms with E-state index in [0.717, 1.165) is 97.1 Å². The number of hydrogen-bond donors (Lipinski definition) is 28. The number of aromatic hydroxyl groups is 28. The van der Waals surface area contributed by atoms with E-state index in [1.165, 1.54) is 12.1 Å². The van der Waals surface area contributed by atoms with Crippen LogP contribution >= 0.6 is 0 Å². The van der Waals surface area contributed by atoms with Crippen LogP contribution in [0.4, 0.5) is 0 Å². The van der Waals surface area contributed by atoms with Gasteiger partial charge in [0.25, 0.3) is 0 Å². The van der Waals surface area contributed by atoms with E-state index < -0.39 is 162 Å². The maximum Gasteiger partial charge on any atom is 0.338 e. The highest BCUT2D eigenvalue weighted by molar-refractivity contribution is 6.02.